The Balaban J connectivity index is 1.94. The molecule has 2 aromatic rings. The molecular weight excluding hydrogens is 332 g/mol. The van der Waals surface area contributed by atoms with E-state index in [-0.39, 0.29) is 31.0 Å². The van der Waals surface area contributed by atoms with Crippen molar-refractivity contribution in [3.63, 3.8) is 0 Å². The summed E-state index contributed by atoms with van der Waals surface area (Å²) in [4.78, 5) is 12.9. The molecule has 7 heteroatoms. The number of rotatable bonds is 8. The van der Waals surface area contributed by atoms with Gasteiger partial charge in [0.2, 0.25) is 5.95 Å². The van der Waals surface area contributed by atoms with Crippen molar-refractivity contribution in [3.05, 3.63) is 35.4 Å². The molecule has 0 atom stereocenters. The molecule has 3 rings (SSSR count). The van der Waals surface area contributed by atoms with Crippen molar-refractivity contribution in [3.8, 4) is 11.5 Å². The van der Waals surface area contributed by atoms with Crippen LogP contribution in [0, 0.1) is 5.92 Å². The molecular formula is C19H26N4O3. The van der Waals surface area contributed by atoms with Gasteiger partial charge in [0, 0.05) is 55.0 Å². The third kappa shape index (κ3) is 4.28. The Labute approximate surface area is 153 Å². The molecule has 26 heavy (non-hydrogen) atoms. The van der Waals surface area contributed by atoms with Crippen molar-refractivity contribution in [2.75, 3.05) is 18.9 Å². The van der Waals surface area contributed by atoms with Gasteiger partial charge in [0.1, 0.15) is 5.75 Å². The molecule has 2 heterocycles. The van der Waals surface area contributed by atoms with Gasteiger partial charge in [-0.1, -0.05) is 13.8 Å². The topological polar surface area (TPSA) is 114 Å². The van der Waals surface area contributed by atoms with Gasteiger partial charge in [0.15, 0.2) is 5.75 Å². The number of nitrogen functional groups attached to an aromatic ring is 1. The van der Waals surface area contributed by atoms with Crippen LogP contribution in [-0.2, 0) is 6.42 Å². The quantitative estimate of drug-likeness (QED) is 0.664. The number of hydrogen-bond acceptors (Lipinski definition) is 7. The third-order valence-corrected chi connectivity index (χ3v) is 4.60. The summed E-state index contributed by atoms with van der Waals surface area (Å²) < 4.78 is 6.18. The van der Waals surface area contributed by atoms with Crippen LogP contribution in [0.4, 0.5) is 5.95 Å². The predicted octanol–water partition coefficient (Wildman–Crippen LogP) is 2.39. The Kier molecular flexibility index (Phi) is 5.68. The molecule has 7 nitrogen and oxygen atoms in total. The first kappa shape index (κ1) is 18.5. The fraction of sp³-hybridized carbons (Fsp3) is 0.526. The molecule has 0 unspecified atom stereocenters. The summed E-state index contributed by atoms with van der Waals surface area (Å²) in [5.74, 6) is 1.83. The molecule has 0 aliphatic heterocycles. The zero-order valence-electron chi connectivity index (χ0n) is 15.2. The van der Waals surface area contributed by atoms with Gasteiger partial charge in [0.05, 0.1) is 11.9 Å². The predicted molar refractivity (Wildman–Crippen MR) is 98.2 cm³/mol. The van der Waals surface area contributed by atoms with Gasteiger partial charge in [0.25, 0.3) is 0 Å². The van der Waals surface area contributed by atoms with Gasteiger partial charge in [-0.15, -0.1) is 0 Å². The van der Waals surface area contributed by atoms with Crippen LogP contribution >= 0.6 is 0 Å². The van der Waals surface area contributed by atoms with Crippen LogP contribution in [0.5, 0.6) is 11.5 Å². The van der Waals surface area contributed by atoms with Crippen molar-refractivity contribution in [1.82, 2.24) is 15.0 Å². The van der Waals surface area contributed by atoms with E-state index in [0.717, 1.165) is 17.0 Å². The Morgan fingerprint density at radius 2 is 1.88 bits per heavy atom. The maximum atomic E-state index is 9.37. The second-order valence-corrected chi connectivity index (χ2v) is 7.15. The van der Waals surface area contributed by atoms with E-state index in [0.29, 0.717) is 23.8 Å². The number of aliphatic hydroxyl groups excluding tert-OH is 2. The molecule has 1 aliphatic carbocycles. The van der Waals surface area contributed by atoms with Crippen LogP contribution in [-0.4, -0.2) is 38.4 Å². The summed E-state index contributed by atoms with van der Waals surface area (Å²) in [6.07, 6.45) is 6.12. The molecule has 140 valence electrons. The maximum absolute atomic E-state index is 9.37. The molecule has 0 radical (unpaired) electrons. The minimum atomic E-state index is -0.323. The summed E-state index contributed by atoms with van der Waals surface area (Å²) in [5, 5.41) is 18.7. The Morgan fingerprint density at radius 3 is 2.50 bits per heavy atom. The van der Waals surface area contributed by atoms with Crippen LogP contribution < -0.4 is 10.5 Å². The fourth-order valence-corrected chi connectivity index (χ4v) is 2.82. The highest BCUT2D eigenvalue weighted by Crippen LogP contribution is 2.42. The van der Waals surface area contributed by atoms with E-state index in [1.165, 1.54) is 12.8 Å². The second-order valence-electron chi connectivity index (χ2n) is 7.15. The number of anilines is 1. The first-order chi connectivity index (χ1) is 12.5. The normalized spacial score (nSPS) is 14.2. The third-order valence-electron chi connectivity index (χ3n) is 4.60. The van der Waals surface area contributed by atoms with Gasteiger partial charge < -0.3 is 20.7 Å². The first-order valence-corrected chi connectivity index (χ1v) is 9.02. The number of pyridine rings is 1. The van der Waals surface area contributed by atoms with Crippen LogP contribution in [0.15, 0.2) is 18.5 Å². The van der Waals surface area contributed by atoms with E-state index >= 15 is 0 Å². The first-order valence-electron chi connectivity index (χ1n) is 9.02. The lowest BCUT2D eigenvalue weighted by molar-refractivity contribution is 0.149. The molecule has 1 saturated carbocycles. The highest BCUT2D eigenvalue weighted by atomic mass is 16.5. The highest BCUT2D eigenvalue weighted by molar-refractivity contribution is 5.42. The van der Waals surface area contributed by atoms with E-state index in [1.54, 1.807) is 6.20 Å². The lowest BCUT2D eigenvalue weighted by Gasteiger charge is -2.17. The Morgan fingerprint density at radius 1 is 1.15 bits per heavy atom. The van der Waals surface area contributed by atoms with Crippen molar-refractivity contribution in [2.24, 2.45) is 5.92 Å². The summed E-state index contributed by atoms with van der Waals surface area (Å²) >= 11 is 0. The molecule has 0 spiro atoms. The van der Waals surface area contributed by atoms with Crippen molar-refractivity contribution in [1.29, 1.82) is 0 Å². The minimum absolute atomic E-state index is 0.138. The summed E-state index contributed by atoms with van der Waals surface area (Å²) in [5.41, 5.74) is 8.35. The second kappa shape index (κ2) is 7.97. The summed E-state index contributed by atoms with van der Waals surface area (Å²) in [7, 11) is 0. The number of hydrogen-bond donors (Lipinski definition) is 3. The SMILES string of the molecule is CC(C)c1cnc(C2CC2)cc1Oc1cnc(N)nc1CC(CO)CO. The monoisotopic (exact) mass is 358 g/mol. The molecule has 2 aromatic heterocycles. The molecule has 1 aliphatic rings. The Hall–Kier alpha value is -2.25. The zero-order chi connectivity index (χ0) is 18.7. The lowest BCUT2D eigenvalue weighted by atomic mass is 10.0. The molecule has 0 saturated heterocycles. The van der Waals surface area contributed by atoms with Crippen LogP contribution in [0.1, 0.15) is 55.5 Å². The number of ether oxygens (including phenoxy) is 1. The maximum Gasteiger partial charge on any atom is 0.220 e. The standard InChI is InChI=1S/C19H26N4O3/c1-11(2)14-7-21-15(13-3-4-13)6-17(14)26-18-8-22-19(20)23-16(18)5-12(9-24)10-25/h6-8,11-13,24-25H,3-5,9-10H2,1-2H3,(H2,20,22,23). The van der Waals surface area contributed by atoms with Crippen molar-refractivity contribution >= 4 is 5.95 Å². The van der Waals surface area contributed by atoms with Gasteiger partial charge >= 0.3 is 0 Å². The lowest BCUT2D eigenvalue weighted by Crippen LogP contribution is -2.16. The van der Waals surface area contributed by atoms with Gasteiger partial charge in [-0.05, 0) is 18.8 Å². The van der Waals surface area contributed by atoms with Crippen LogP contribution in [0.3, 0.4) is 0 Å². The van der Waals surface area contributed by atoms with Gasteiger partial charge in [-0.2, -0.15) is 0 Å². The molecule has 0 aromatic carbocycles. The highest BCUT2D eigenvalue weighted by Gasteiger charge is 2.26. The Bertz CT molecular complexity index is 758. The average Bonchev–Trinajstić information content (AvgIpc) is 3.46. The van der Waals surface area contributed by atoms with Crippen LogP contribution in [0.2, 0.25) is 0 Å². The average molecular weight is 358 g/mol. The number of nitrogens with two attached hydrogens (primary N) is 1. The fourth-order valence-electron chi connectivity index (χ4n) is 2.82. The molecule has 1 fully saturated rings. The number of aromatic nitrogens is 3. The largest absolute Gasteiger partial charge is 0.453 e. The van der Waals surface area contributed by atoms with E-state index in [4.69, 9.17) is 10.5 Å². The summed E-state index contributed by atoms with van der Waals surface area (Å²) in [6, 6.07) is 2.00. The minimum Gasteiger partial charge on any atom is -0.453 e. The number of aliphatic hydroxyl groups is 2. The number of nitrogens with zero attached hydrogens (tertiary/aromatic N) is 3. The zero-order valence-corrected chi connectivity index (χ0v) is 15.2. The van der Waals surface area contributed by atoms with Crippen molar-refractivity contribution < 1.29 is 14.9 Å². The van der Waals surface area contributed by atoms with E-state index in [2.05, 4.69) is 28.8 Å². The van der Waals surface area contributed by atoms with E-state index in [1.807, 2.05) is 12.3 Å². The van der Waals surface area contributed by atoms with E-state index in [9.17, 15) is 10.2 Å². The van der Waals surface area contributed by atoms with E-state index < -0.39 is 0 Å². The van der Waals surface area contributed by atoms with Gasteiger partial charge in [-0.25, -0.2) is 9.97 Å². The smallest absolute Gasteiger partial charge is 0.220 e. The molecule has 0 bridgehead atoms. The molecule has 4 N–H and O–H groups in total. The van der Waals surface area contributed by atoms with Crippen molar-refractivity contribution in [2.45, 2.75) is 44.9 Å². The van der Waals surface area contributed by atoms with Gasteiger partial charge in [-0.3, -0.25) is 4.98 Å². The van der Waals surface area contributed by atoms with Crippen LogP contribution in [0.25, 0.3) is 0 Å². The molecule has 0 amide bonds. The summed E-state index contributed by atoms with van der Waals surface area (Å²) in [6.45, 7) is 3.90.